The van der Waals surface area contributed by atoms with E-state index in [-0.39, 0.29) is 93.0 Å². The standard InChI is InChI=1S/3Na.H2O4S2.3H/c;;;1-5(2)6(3)4;;;/h;;;(H,1,2)(H,3,4);;;/q3*+1;;3*-1. The molecule has 44 valence electrons. The fraction of sp³-hybridized carbons (Fsp3) is 0. The maximum atomic E-state index is 9.26. The van der Waals surface area contributed by atoms with Crippen LogP contribution < -0.4 is 88.7 Å². The van der Waals surface area contributed by atoms with Crippen LogP contribution in [0.5, 0.6) is 0 Å². The molecule has 2 N–H and O–H groups in total. The van der Waals surface area contributed by atoms with Gasteiger partial charge in [0.25, 0.3) is 20.2 Å². The van der Waals surface area contributed by atoms with Gasteiger partial charge in [-0.15, -0.1) is 0 Å². The molecule has 0 amide bonds. The molecule has 2 unspecified atom stereocenters. The second-order valence-corrected chi connectivity index (χ2v) is 3.01. The largest absolute Gasteiger partial charge is 1.00 e. The van der Waals surface area contributed by atoms with E-state index in [4.69, 9.17) is 9.11 Å². The molecular weight excluding hydrogens is 197 g/mol. The van der Waals surface area contributed by atoms with Crippen LogP contribution in [0.1, 0.15) is 4.28 Å². The van der Waals surface area contributed by atoms with Crippen LogP contribution in [0.4, 0.5) is 0 Å². The molecule has 0 fully saturated rings. The molecule has 2 atom stereocenters. The molecule has 4 nitrogen and oxygen atoms in total. The van der Waals surface area contributed by atoms with Gasteiger partial charge in [0.1, 0.15) is 0 Å². The van der Waals surface area contributed by atoms with Crippen molar-refractivity contribution in [2.45, 2.75) is 0 Å². The second-order valence-electron chi connectivity index (χ2n) is 0.434. The Labute approximate surface area is 128 Å². The summed E-state index contributed by atoms with van der Waals surface area (Å²) >= 11 is 0. The summed E-state index contributed by atoms with van der Waals surface area (Å²) in [5, 5.41) is 0. The molecular formula is H5Na3O4S2. The van der Waals surface area contributed by atoms with E-state index in [9.17, 15) is 8.42 Å². The van der Waals surface area contributed by atoms with Gasteiger partial charge in [-0.2, -0.15) is 0 Å². The molecule has 0 aromatic rings. The van der Waals surface area contributed by atoms with Gasteiger partial charge in [0.15, 0.2) is 0 Å². The molecule has 0 radical (unpaired) electrons. The first-order valence-corrected chi connectivity index (χ1v) is 3.60. The quantitative estimate of drug-likeness (QED) is 0.251. The van der Waals surface area contributed by atoms with Crippen LogP contribution in [0.2, 0.25) is 0 Å². The van der Waals surface area contributed by atoms with Gasteiger partial charge in [-0.1, -0.05) is 0 Å². The summed E-state index contributed by atoms with van der Waals surface area (Å²) < 4.78 is 33.6. The van der Waals surface area contributed by atoms with Crippen molar-refractivity contribution in [3.8, 4) is 0 Å². The topological polar surface area (TPSA) is 74.6 Å². The Morgan fingerprint density at radius 3 is 1.00 bits per heavy atom. The fourth-order valence-electron chi connectivity index (χ4n) is 0. The molecule has 0 saturated carbocycles. The third-order valence-electron chi connectivity index (χ3n) is 0.122. The first kappa shape index (κ1) is 22.8. The van der Waals surface area contributed by atoms with E-state index in [1.165, 1.54) is 0 Å². The van der Waals surface area contributed by atoms with Crippen molar-refractivity contribution in [3.63, 3.8) is 0 Å². The van der Waals surface area contributed by atoms with Crippen LogP contribution in [-0.2, 0) is 20.2 Å². The Bertz CT molecular complexity index is 89.5. The maximum absolute atomic E-state index is 9.26. The van der Waals surface area contributed by atoms with Crippen LogP contribution in [0.3, 0.4) is 0 Å². The minimum atomic E-state index is -2.59. The average Bonchev–Trinajstić information content (AvgIpc) is 1.36. The van der Waals surface area contributed by atoms with Crippen molar-refractivity contribution in [2.24, 2.45) is 0 Å². The van der Waals surface area contributed by atoms with Gasteiger partial charge < -0.3 is 4.28 Å². The third kappa shape index (κ3) is 18.3. The SMILES string of the molecule is O=S(O)S(=O)O.[H-].[H-].[H-].[Na+].[Na+].[Na+]. The molecule has 0 heterocycles. The normalized spacial score (nSPS) is 13.1. The summed E-state index contributed by atoms with van der Waals surface area (Å²) in [7, 11) is -5.18. The summed E-state index contributed by atoms with van der Waals surface area (Å²) in [6, 6.07) is 0. The van der Waals surface area contributed by atoms with Gasteiger partial charge in [0.2, 0.25) is 0 Å². The van der Waals surface area contributed by atoms with Crippen molar-refractivity contribution in [3.05, 3.63) is 0 Å². The predicted molar refractivity (Wildman–Crippen MR) is 24.9 cm³/mol. The zero-order chi connectivity index (χ0) is 5.15. The Balaban J connectivity index is -0.00000000833. The van der Waals surface area contributed by atoms with Gasteiger partial charge in [-0.05, 0) is 0 Å². The summed E-state index contributed by atoms with van der Waals surface area (Å²) in [5.41, 5.74) is 0. The summed E-state index contributed by atoms with van der Waals surface area (Å²) in [6.07, 6.45) is 0. The van der Waals surface area contributed by atoms with Crippen molar-refractivity contribution in [1.29, 1.82) is 0 Å². The van der Waals surface area contributed by atoms with Gasteiger partial charge in [-0.3, -0.25) is 9.11 Å². The zero-order valence-electron chi connectivity index (χ0n) is 8.53. The Hall–Kier alpha value is 3.22. The van der Waals surface area contributed by atoms with Crippen LogP contribution in [0, 0.1) is 0 Å². The van der Waals surface area contributed by atoms with Crippen molar-refractivity contribution < 1.29 is 110 Å². The molecule has 0 bridgehead atoms. The van der Waals surface area contributed by atoms with E-state index in [0.717, 1.165) is 0 Å². The van der Waals surface area contributed by atoms with Crippen molar-refractivity contribution in [2.75, 3.05) is 0 Å². The zero-order valence-corrected chi connectivity index (χ0v) is 13.2. The predicted octanol–water partition coefficient (Wildman–Crippen LogP) is -9.31. The van der Waals surface area contributed by atoms with E-state index in [2.05, 4.69) is 0 Å². The van der Waals surface area contributed by atoms with Gasteiger partial charge in [0.05, 0.1) is 0 Å². The Morgan fingerprint density at radius 1 is 0.889 bits per heavy atom. The average molecular weight is 202 g/mol. The molecule has 0 aromatic heterocycles. The summed E-state index contributed by atoms with van der Waals surface area (Å²) in [6.45, 7) is 0. The second kappa shape index (κ2) is 13.8. The summed E-state index contributed by atoms with van der Waals surface area (Å²) in [5.74, 6) is 0. The Kier molecular flexibility index (Phi) is 34.9. The molecule has 0 aromatic carbocycles. The smallest absolute Gasteiger partial charge is 1.00 e. The summed E-state index contributed by atoms with van der Waals surface area (Å²) in [4.78, 5) is 0. The molecule has 0 aliphatic carbocycles. The molecule has 9 heteroatoms. The third-order valence-corrected chi connectivity index (χ3v) is 1.10. The van der Waals surface area contributed by atoms with Crippen LogP contribution in [0.25, 0.3) is 0 Å². The fourth-order valence-corrected chi connectivity index (χ4v) is 0. The van der Waals surface area contributed by atoms with E-state index in [1.807, 2.05) is 0 Å². The van der Waals surface area contributed by atoms with E-state index < -0.39 is 20.2 Å². The van der Waals surface area contributed by atoms with Gasteiger partial charge >= 0.3 is 88.7 Å². The maximum Gasteiger partial charge on any atom is 1.00 e. The number of hydrogen-bond donors (Lipinski definition) is 2. The van der Waals surface area contributed by atoms with Crippen LogP contribution in [0.15, 0.2) is 0 Å². The molecule has 0 rings (SSSR count). The minimum absolute atomic E-state index is 0. The molecule has 0 saturated heterocycles. The molecule has 0 aliphatic rings. The van der Waals surface area contributed by atoms with Crippen LogP contribution in [-0.4, -0.2) is 17.5 Å². The first-order valence-electron chi connectivity index (χ1n) is 0.865. The van der Waals surface area contributed by atoms with E-state index >= 15 is 0 Å². The molecule has 0 aliphatic heterocycles. The molecule has 0 spiro atoms. The Morgan fingerprint density at radius 2 is 1.00 bits per heavy atom. The van der Waals surface area contributed by atoms with Crippen molar-refractivity contribution >= 4 is 20.2 Å². The van der Waals surface area contributed by atoms with E-state index in [1.54, 1.807) is 0 Å². The van der Waals surface area contributed by atoms with Crippen molar-refractivity contribution in [1.82, 2.24) is 0 Å². The first-order chi connectivity index (χ1) is 2.64. The van der Waals surface area contributed by atoms with Crippen LogP contribution >= 0.6 is 0 Å². The minimum Gasteiger partial charge on any atom is -1.00 e. The number of rotatable bonds is 1. The van der Waals surface area contributed by atoms with Gasteiger partial charge in [-0.25, -0.2) is 8.42 Å². The monoisotopic (exact) mass is 202 g/mol. The van der Waals surface area contributed by atoms with Gasteiger partial charge in [0, 0.05) is 0 Å². The number of hydrogen-bond acceptors (Lipinski definition) is 2. The van der Waals surface area contributed by atoms with E-state index in [0.29, 0.717) is 0 Å². The molecule has 9 heavy (non-hydrogen) atoms.